The van der Waals surface area contributed by atoms with Crippen LogP contribution in [0.2, 0.25) is 0 Å². The second-order valence-corrected chi connectivity index (χ2v) is 8.21. The standard InChI is InChI=1S/C20H19N3O3S2/c1-13-7-6-8-14(2)18(13)26-11-17(25)21-19-22-23-20(28-19)27-12-16(24)15-9-4-3-5-10-15/h3-10H,11-12H2,1-2H3,(H,21,22,25). The third kappa shape index (κ3) is 5.40. The van der Waals surface area contributed by atoms with Gasteiger partial charge >= 0.3 is 0 Å². The minimum absolute atomic E-state index is 0.0217. The Balaban J connectivity index is 1.49. The molecular formula is C20H19N3O3S2. The van der Waals surface area contributed by atoms with E-state index in [1.807, 2.05) is 50.2 Å². The van der Waals surface area contributed by atoms with Crippen molar-refractivity contribution in [3.05, 3.63) is 65.2 Å². The fraction of sp³-hybridized carbons (Fsp3) is 0.200. The van der Waals surface area contributed by atoms with Gasteiger partial charge in [0.1, 0.15) is 5.75 Å². The highest BCUT2D eigenvalue weighted by atomic mass is 32.2. The van der Waals surface area contributed by atoms with Crippen LogP contribution >= 0.6 is 23.1 Å². The van der Waals surface area contributed by atoms with Crippen LogP contribution in [0.3, 0.4) is 0 Å². The highest BCUT2D eigenvalue weighted by molar-refractivity contribution is 8.01. The van der Waals surface area contributed by atoms with Crippen molar-refractivity contribution in [3.8, 4) is 5.75 Å². The van der Waals surface area contributed by atoms with Crippen molar-refractivity contribution in [1.29, 1.82) is 0 Å². The zero-order valence-corrected chi connectivity index (χ0v) is 17.1. The van der Waals surface area contributed by atoms with Gasteiger partial charge in [-0.3, -0.25) is 14.9 Å². The molecule has 1 aromatic heterocycles. The summed E-state index contributed by atoms with van der Waals surface area (Å²) < 4.78 is 6.25. The van der Waals surface area contributed by atoms with Gasteiger partial charge < -0.3 is 4.74 Å². The van der Waals surface area contributed by atoms with Crippen LogP contribution in [0.15, 0.2) is 52.9 Å². The summed E-state index contributed by atoms with van der Waals surface area (Å²) in [5.41, 5.74) is 2.62. The molecule has 0 saturated carbocycles. The fourth-order valence-electron chi connectivity index (χ4n) is 2.47. The van der Waals surface area contributed by atoms with Gasteiger partial charge in [0.25, 0.3) is 5.91 Å². The number of ketones is 1. The molecule has 0 fully saturated rings. The van der Waals surface area contributed by atoms with Crippen LogP contribution in [0.1, 0.15) is 21.5 Å². The molecule has 0 unspecified atom stereocenters. The average molecular weight is 414 g/mol. The molecule has 0 saturated heterocycles. The van der Waals surface area contributed by atoms with Crippen LogP contribution in [0, 0.1) is 13.8 Å². The van der Waals surface area contributed by atoms with E-state index in [4.69, 9.17) is 4.74 Å². The van der Waals surface area contributed by atoms with E-state index in [-0.39, 0.29) is 24.1 Å². The Bertz CT molecular complexity index is 954. The van der Waals surface area contributed by atoms with E-state index >= 15 is 0 Å². The number of nitrogens with one attached hydrogen (secondary N) is 1. The molecule has 6 nitrogen and oxygen atoms in total. The van der Waals surface area contributed by atoms with Crippen LogP contribution in [0.25, 0.3) is 0 Å². The number of hydrogen-bond donors (Lipinski definition) is 1. The first-order chi connectivity index (χ1) is 13.5. The second-order valence-electron chi connectivity index (χ2n) is 6.01. The Morgan fingerprint density at radius 2 is 1.75 bits per heavy atom. The molecule has 1 N–H and O–H groups in total. The van der Waals surface area contributed by atoms with Gasteiger partial charge in [0.2, 0.25) is 5.13 Å². The zero-order chi connectivity index (χ0) is 19.9. The maximum Gasteiger partial charge on any atom is 0.264 e. The summed E-state index contributed by atoms with van der Waals surface area (Å²) in [6, 6.07) is 14.9. The lowest BCUT2D eigenvalue weighted by Gasteiger charge is -2.11. The lowest BCUT2D eigenvalue weighted by Crippen LogP contribution is -2.20. The smallest absolute Gasteiger partial charge is 0.264 e. The molecule has 2 aromatic carbocycles. The van der Waals surface area contributed by atoms with E-state index in [0.29, 0.717) is 20.8 Å². The monoisotopic (exact) mass is 413 g/mol. The van der Waals surface area contributed by atoms with E-state index in [2.05, 4.69) is 15.5 Å². The van der Waals surface area contributed by atoms with Crippen molar-refractivity contribution in [1.82, 2.24) is 10.2 Å². The summed E-state index contributed by atoms with van der Waals surface area (Å²) >= 11 is 2.53. The zero-order valence-electron chi connectivity index (χ0n) is 15.5. The molecule has 1 amide bonds. The third-order valence-corrected chi connectivity index (χ3v) is 5.80. The molecule has 3 aromatic rings. The number of thioether (sulfide) groups is 1. The van der Waals surface area contributed by atoms with Gasteiger partial charge in [-0.25, -0.2) is 0 Å². The van der Waals surface area contributed by atoms with E-state index in [0.717, 1.165) is 11.1 Å². The number of carbonyl (C=O) groups excluding carboxylic acids is 2. The summed E-state index contributed by atoms with van der Waals surface area (Å²) in [6.45, 7) is 3.76. The van der Waals surface area contributed by atoms with Gasteiger partial charge in [0.05, 0.1) is 5.75 Å². The van der Waals surface area contributed by atoms with Crippen molar-refractivity contribution in [3.63, 3.8) is 0 Å². The molecule has 0 aliphatic carbocycles. The van der Waals surface area contributed by atoms with Gasteiger partial charge in [-0.2, -0.15) is 0 Å². The molecule has 0 radical (unpaired) electrons. The van der Waals surface area contributed by atoms with E-state index < -0.39 is 0 Å². The van der Waals surface area contributed by atoms with Crippen molar-refractivity contribution in [2.24, 2.45) is 0 Å². The van der Waals surface area contributed by atoms with E-state index in [1.54, 1.807) is 12.1 Å². The topological polar surface area (TPSA) is 81.2 Å². The number of para-hydroxylation sites is 1. The lowest BCUT2D eigenvalue weighted by atomic mass is 10.1. The Morgan fingerprint density at radius 1 is 1.04 bits per heavy atom. The molecule has 28 heavy (non-hydrogen) atoms. The number of Topliss-reactive ketones (excluding diaryl/α,β-unsaturated/α-hetero) is 1. The van der Waals surface area contributed by atoms with E-state index in [9.17, 15) is 9.59 Å². The first kappa shape index (κ1) is 20.0. The molecule has 1 heterocycles. The second kappa shape index (κ2) is 9.48. The normalized spacial score (nSPS) is 10.5. The number of hydrogen-bond acceptors (Lipinski definition) is 7. The van der Waals surface area contributed by atoms with Gasteiger partial charge in [0, 0.05) is 5.56 Å². The molecule has 144 valence electrons. The van der Waals surface area contributed by atoms with Crippen molar-refractivity contribution in [2.45, 2.75) is 18.2 Å². The van der Waals surface area contributed by atoms with E-state index in [1.165, 1.54) is 23.1 Å². The fourth-order valence-corrected chi connectivity index (χ4v) is 4.14. The highest BCUT2D eigenvalue weighted by Gasteiger charge is 2.13. The molecule has 0 aliphatic heterocycles. The third-order valence-electron chi connectivity index (χ3n) is 3.83. The number of nitrogens with zero attached hydrogens (tertiary/aromatic N) is 2. The predicted octanol–water partition coefficient (Wildman–Crippen LogP) is 4.15. The van der Waals surface area contributed by atoms with Gasteiger partial charge in [0.15, 0.2) is 16.7 Å². The maximum atomic E-state index is 12.1. The number of carbonyl (C=O) groups is 2. The van der Waals surface area contributed by atoms with Crippen molar-refractivity contribution in [2.75, 3.05) is 17.7 Å². The maximum absolute atomic E-state index is 12.1. The number of aromatic nitrogens is 2. The number of rotatable bonds is 8. The predicted molar refractivity (Wildman–Crippen MR) is 111 cm³/mol. The SMILES string of the molecule is Cc1cccc(C)c1OCC(=O)Nc1nnc(SCC(=O)c2ccccc2)s1. The molecular weight excluding hydrogens is 394 g/mol. The number of aryl methyl sites for hydroxylation is 2. The number of benzene rings is 2. The van der Waals surface area contributed by atoms with Gasteiger partial charge in [-0.05, 0) is 25.0 Å². The van der Waals surface area contributed by atoms with Crippen LogP contribution < -0.4 is 10.1 Å². The number of ether oxygens (including phenoxy) is 1. The van der Waals surface area contributed by atoms with Gasteiger partial charge in [-0.1, -0.05) is 71.6 Å². The quantitative estimate of drug-likeness (QED) is 0.339. The first-order valence-electron chi connectivity index (χ1n) is 8.56. The van der Waals surface area contributed by atoms with Gasteiger partial charge in [-0.15, -0.1) is 10.2 Å². The summed E-state index contributed by atoms with van der Waals surface area (Å²) in [5.74, 6) is 0.692. The summed E-state index contributed by atoms with van der Waals surface area (Å²) in [4.78, 5) is 24.2. The van der Waals surface area contributed by atoms with Crippen LogP contribution in [-0.4, -0.2) is 34.2 Å². The van der Waals surface area contributed by atoms with Crippen LogP contribution in [0.4, 0.5) is 5.13 Å². The molecule has 3 rings (SSSR count). The minimum Gasteiger partial charge on any atom is -0.483 e. The van der Waals surface area contributed by atoms with Crippen LogP contribution in [-0.2, 0) is 4.79 Å². The average Bonchev–Trinajstić information content (AvgIpc) is 3.13. The summed E-state index contributed by atoms with van der Waals surface area (Å²) in [7, 11) is 0. The van der Waals surface area contributed by atoms with Crippen molar-refractivity contribution < 1.29 is 14.3 Å². The van der Waals surface area contributed by atoms with Crippen molar-refractivity contribution >= 4 is 39.9 Å². The Hall–Kier alpha value is -2.71. The Labute approximate surface area is 171 Å². The number of anilines is 1. The molecule has 0 atom stereocenters. The highest BCUT2D eigenvalue weighted by Crippen LogP contribution is 2.26. The molecule has 0 spiro atoms. The minimum atomic E-state index is -0.310. The molecule has 8 heteroatoms. The largest absolute Gasteiger partial charge is 0.483 e. The lowest BCUT2D eigenvalue weighted by molar-refractivity contribution is -0.118. The Kier molecular flexibility index (Phi) is 6.78. The summed E-state index contributed by atoms with van der Waals surface area (Å²) in [6.07, 6.45) is 0. The molecule has 0 bridgehead atoms. The molecule has 0 aliphatic rings. The number of amides is 1. The first-order valence-corrected chi connectivity index (χ1v) is 10.4. The van der Waals surface area contributed by atoms with Crippen LogP contribution in [0.5, 0.6) is 5.75 Å². The Morgan fingerprint density at radius 3 is 2.46 bits per heavy atom. The summed E-state index contributed by atoms with van der Waals surface area (Å²) in [5, 5.41) is 11.0.